The van der Waals surface area contributed by atoms with Gasteiger partial charge in [0.05, 0.1) is 10.6 Å². The van der Waals surface area contributed by atoms with Crippen molar-refractivity contribution in [2.24, 2.45) is 4.99 Å². The smallest absolute Gasteiger partial charge is 0.267 e. The molecule has 0 atom stereocenters. The fraction of sp³-hybridized carbons (Fsp3) is 0.200. The second kappa shape index (κ2) is 9.78. The lowest BCUT2D eigenvalue weighted by atomic mass is 10.1. The minimum atomic E-state index is -0.238. The maximum Gasteiger partial charge on any atom is 0.267 e. The van der Waals surface area contributed by atoms with E-state index in [1.165, 1.54) is 23.9 Å². The van der Waals surface area contributed by atoms with Crippen molar-refractivity contribution in [2.45, 2.75) is 38.3 Å². The summed E-state index contributed by atoms with van der Waals surface area (Å²) in [6, 6.07) is 24.8. The molecule has 2 heterocycles. The highest BCUT2D eigenvalue weighted by atomic mass is 32.2. The first-order valence-electron chi connectivity index (χ1n) is 12.3. The number of aliphatic imine (C=N–C) groups is 1. The Morgan fingerprint density at radius 1 is 0.944 bits per heavy atom. The monoisotopic (exact) mass is 495 g/mol. The predicted octanol–water partition coefficient (Wildman–Crippen LogP) is 7.38. The molecule has 1 aliphatic carbocycles. The minimum absolute atomic E-state index is 0.0388. The summed E-state index contributed by atoms with van der Waals surface area (Å²) in [5.74, 6) is -0.199. The molecule has 1 aromatic heterocycles. The van der Waals surface area contributed by atoms with Crippen LogP contribution in [0.5, 0.6) is 0 Å². The van der Waals surface area contributed by atoms with E-state index in [9.17, 15) is 9.18 Å². The molecule has 2 aliphatic rings. The number of hydrogen-bond acceptors (Lipinski definition) is 3. The Bertz CT molecular complexity index is 1470. The van der Waals surface area contributed by atoms with Gasteiger partial charge in [-0.3, -0.25) is 9.69 Å². The first-order chi connectivity index (χ1) is 17.7. The van der Waals surface area contributed by atoms with Crippen molar-refractivity contribution in [3.63, 3.8) is 0 Å². The summed E-state index contributed by atoms with van der Waals surface area (Å²) in [5, 5.41) is 1.85. The molecule has 4 nitrogen and oxygen atoms in total. The van der Waals surface area contributed by atoms with Crippen molar-refractivity contribution in [1.29, 1.82) is 0 Å². The van der Waals surface area contributed by atoms with Crippen LogP contribution < -0.4 is 0 Å². The lowest BCUT2D eigenvalue weighted by Crippen LogP contribution is -2.37. The molecule has 4 aromatic rings. The highest BCUT2D eigenvalue weighted by Gasteiger charge is 2.39. The largest absolute Gasteiger partial charge is 0.342 e. The molecule has 0 spiro atoms. The molecule has 3 aromatic carbocycles. The summed E-state index contributed by atoms with van der Waals surface area (Å²) < 4.78 is 15.6. The van der Waals surface area contributed by atoms with Crippen molar-refractivity contribution in [3.8, 4) is 0 Å². The van der Waals surface area contributed by atoms with Crippen molar-refractivity contribution in [2.75, 3.05) is 0 Å². The van der Waals surface area contributed by atoms with Gasteiger partial charge < -0.3 is 4.57 Å². The Morgan fingerprint density at radius 2 is 1.67 bits per heavy atom. The van der Waals surface area contributed by atoms with Crippen LogP contribution in [0.25, 0.3) is 17.0 Å². The van der Waals surface area contributed by atoms with Gasteiger partial charge in [0.25, 0.3) is 5.91 Å². The van der Waals surface area contributed by atoms with E-state index in [0.717, 1.165) is 58.6 Å². The third-order valence-corrected chi connectivity index (χ3v) is 7.86. The molecule has 1 amide bonds. The zero-order chi connectivity index (χ0) is 24.5. The number of hydrogen-bond donors (Lipinski definition) is 0. The number of rotatable bonds is 5. The molecule has 6 rings (SSSR count). The number of thioether (sulfide) groups is 1. The fourth-order valence-corrected chi connectivity index (χ4v) is 6.16. The first kappa shape index (κ1) is 22.8. The van der Waals surface area contributed by atoms with Crippen LogP contribution >= 0.6 is 11.8 Å². The van der Waals surface area contributed by atoms with Crippen LogP contribution in [0.1, 0.15) is 36.8 Å². The third-order valence-electron chi connectivity index (χ3n) is 6.88. The molecule has 0 radical (unpaired) electrons. The minimum Gasteiger partial charge on any atom is -0.342 e. The second-order valence-electron chi connectivity index (χ2n) is 9.31. The molecular weight excluding hydrogens is 469 g/mol. The Kier molecular flexibility index (Phi) is 6.20. The molecule has 1 saturated carbocycles. The second-order valence-corrected chi connectivity index (χ2v) is 10.3. The van der Waals surface area contributed by atoms with Gasteiger partial charge in [-0.1, -0.05) is 61.4 Å². The standard InChI is InChI=1S/C30H26FN3OS/c31-23-16-14-21(15-17-23)19-33-20-22(26-12-6-7-13-27(26)33)18-28-29(35)34(25-10-4-5-11-25)30(36-28)32-24-8-2-1-3-9-24/h1-3,6-9,12-18,20,25H,4-5,10-11,19H2/b28-18+,32-30?. The number of carbonyl (C=O) groups is 1. The zero-order valence-corrected chi connectivity index (χ0v) is 20.6. The molecule has 36 heavy (non-hydrogen) atoms. The van der Waals surface area contributed by atoms with Gasteiger partial charge in [-0.2, -0.15) is 0 Å². The van der Waals surface area contributed by atoms with E-state index < -0.39 is 0 Å². The Hall–Kier alpha value is -3.64. The lowest BCUT2D eigenvalue weighted by molar-refractivity contribution is -0.123. The van der Waals surface area contributed by atoms with Crippen molar-refractivity contribution in [1.82, 2.24) is 9.47 Å². The van der Waals surface area contributed by atoms with Crippen molar-refractivity contribution in [3.05, 3.63) is 107 Å². The highest BCUT2D eigenvalue weighted by molar-refractivity contribution is 8.18. The number of nitrogens with zero attached hydrogens (tertiary/aromatic N) is 3. The normalized spacial score (nSPS) is 18.8. The maximum absolute atomic E-state index is 13.7. The number of halogens is 1. The fourth-order valence-electron chi connectivity index (χ4n) is 5.11. The topological polar surface area (TPSA) is 37.6 Å². The van der Waals surface area contributed by atoms with E-state index in [1.807, 2.05) is 65.6 Å². The van der Waals surface area contributed by atoms with Crippen LogP contribution in [-0.2, 0) is 11.3 Å². The van der Waals surface area contributed by atoms with E-state index in [4.69, 9.17) is 4.99 Å². The third kappa shape index (κ3) is 4.49. The quantitative estimate of drug-likeness (QED) is 0.271. The number of fused-ring (bicyclic) bond motifs is 1. The summed E-state index contributed by atoms with van der Waals surface area (Å²) >= 11 is 1.46. The number of para-hydroxylation sites is 2. The van der Waals surface area contributed by atoms with Crippen LogP contribution in [0, 0.1) is 5.82 Å². The number of carbonyl (C=O) groups excluding carboxylic acids is 1. The van der Waals surface area contributed by atoms with Crippen LogP contribution in [0.15, 0.2) is 95.0 Å². The van der Waals surface area contributed by atoms with E-state index in [2.05, 4.69) is 22.9 Å². The summed E-state index contributed by atoms with van der Waals surface area (Å²) in [7, 11) is 0. The Labute approximate surface area is 214 Å². The average Bonchev–Trinajstić information content (AvgIpc) is 3.61. The van der Waals surface area contributed by atoms with E-state index in [0.29, 0.717) is 11.4 Å². The Morgan fingerprint density at radius 3 is 2.44 bits per heavy atom. The average molecular weight is 496 g/mol. The van der Waals surface area contributed by atoms with Crippen molar-refractivity contribution >= 4 is 45.5 Å². The van der Waals surface area contributed by atoms with Gasteiger partial charge >= 0.3 is 0 Å². The molecule has 0 unspecified atom stereocenters. The van der Waals surface area contributed by atoms with E-state index in [-0.39, 0.29) is 17.8 Å². The Balaban J connectivity index is 1.38. The number of benzene rings is 3. The van der Waals surface area contributed by atoms with E-state index in [1.54, 1.807) is 0 Å². The number of aromatic nitrogens is 1. The van der Waals surface area contributed by atoms with Gasteiger partial charge in [0.15, 0.2) is 5.17 Å². The number of amides is 1. The van der Waals surface area contributed by atoms with Gasteiger partial charge in [-0.25, -0.2) is 9.38 Å². The predicted molar refractivity (Wildman–Crippen MR) is 146 cm³/mol. The lowest BCUT2D eigenvalue weighted by Gasteiger charge is -2.22. The van der Waals surface area contributed by atoms with Crippen LogP contribution in [0.2, 0.25) is 0 Å². The number of amidine groups is 1. The van der Waals surface area contributed by atoms with Crippen LogP contribution in [-0.4, -0.2) is 26.6 Å². The van der Waals surface area contributed by atoms with Gasteiger partial charge in [0.1, 0.15) is 5.82 Å². The van der Waals surface area contributed by atoms with E-state index >= 15 is 0 Å². The molecule has 0 N–H and O–H groups in total. The van der Waals surface area contributed by atoms with Gasteiger partial charge in [-0.15, -0.1) is 0 Å². The summed E-state index contributed by atoms with van der Waals surface area (Å²) in [5.41, 5.74) is 3.95. The molecule has 180 valence electrons. The van der Waals surface area contributed by atoms with Crippen LogP contribution in [0.3, 0.4) is 0 Å². The molecule has 1 aliphatic heterocycles. The summed E-state index contributed by atoms with van der Waals surface area (Å²) in [6.45, 7) is 0.625. The molecule has 6 heteroatoms. The first-order valence-corrected chi connectivity index (χ1v) is 13.2. The summed E-state index contributed by atoms with van der Waals surface area (Å²) in [4.78, 5) is 21.2. The van der Waals surface area contributed by atoms with Crippen molar-refractivity contribution < 1.29 is 9.18 Å². The van der Waals surface area contributed by atoms with Crippen LogP contribution in [0.4, 0.5) is 10.1 Å². The molecule has 1 saturated heterocycles. The molecule has 2 fully saturated rings. The highest BCUT2D eigenvalue weighted by Crippen LogP contribution is 2.39. The summed E-state index contributed by atoms with van der Waals surface area (Å²) in [6.07, 6.45) is 8.42. The molecular formula is C30H26FN3OS. The zero-order valence-electron chi connectivity index (χ0n) is 19.8. The van der Waals surface area contributed by atoms with Gasteiger partial charge in [-0.05, 0) is 66.6 Å². The van der Waals surface area contributed by atoms with Gasteiger partial charge in [0.2, 0.25) is 0 Å². The maximum atomic E-state index is 13.7. The SMILES string of the molecule is O=C1/C(=C\c2cn(Cc3ccc(F)cc3)c3ccccc23)SC(=Nc2ccccc2)N1C1CCCC1. The molecule has 0 bridgehead atoms. The van der Waals surface area contributed by atoms with Gasteiger partial charge in [0, 0.05) is 35.2 Å².